The molecule has 1 rings (SSSR count). The first kappa shape index (κ1) is 14.5. The van der Waals surface area contributed by atoms with Gasteiger partial charge in [-0.05, 0) is 12.1 Å². The lowest BCUT2D eigenvalue weighted by Gasteiger charge is -2.07. The number of aliphatic hydroxyl groups excluding tert-OH is 1. The molecule has 0 aromatic heterocycles. The monoisotopic (exact) mass is 272 g/mol. The highest BCUT2D eigenvalue weighted by atomic mass is 19.1. The number of carbonyl (C=O) groups excluding carboxylic acids is 1. The summed E-state index contributed by atoms with van der Waals surface area (Å²) in [6, 6.07) is 2.48. The number of carboxylic acid groups (broad SMARTS) is 1. The fourth-order valence-electron chi connectivity index (χ4n) is 1.17. The Morgan fingerprint density at radius 3 is 2.63 bits per heavy atom. The van der Waals surface area contributed by atoms with E-state index in [0.717, 1.165) is 18.2 Å². The summed E-state index contributed by atoms with van der Waals surface area (Å²) >= 11 is 0. The van der Waals surface area contributed by atoms with Gasteiger partial charge in [0.05, 0.1) is 11.5 Å². The summed E-state index contributed by atoms with van der Waals surface area (Å²) < 4.78 is 13.0. The summed E-state index contributed by atoms with van der Waals surface area (Å²) in [6.45, 7) is -0.570. The number of amides is 1. The fourth-order valence-corrected chi connectivity index (χ4v) is 1.17. The topological polar surface area (TPSA) is 130 Å². The van der Waals surface area contributed by atoms with E-state index in [-0.39, 0.29) is 5.56 Å². The molecule has 102 valence electrons. The molecule has 3 N–H and O–H groups in total. The van der Waals surface area contributed by atoms with Crippen LogP contribution in [0.25, 0.3) is 0 Å². The number of aliphatic carboxylic acids is 1. The maximum atomic E-state index is 13.0. The third-order valence-electron chi connectivity index (χ3n) is 2.15. The first-order valence-corrected chi connectivity index (χ1v) is 4.96. The lowest BCUT2D eigenvalue weighted by molar-refractivity contribution is -0.387. The third-order valence-corrected chi connectivity index (χ3v) is 2.15. The molecule has 0 radical (unpaired) electrons. The minimum absolute atomic E-state index is 0.217. The van der Waals surface area contributed by atoms with Crippen LogP contribution in [0.15, 0.2) is 18.2 Å². The number of halogens is 1. The minimum atomic E-state index is -1.79. The molecule has 0 spiro atoms. The van der Waals surface area contributed by atoms with Crippen LogP contribution in [0.2, 0.25) is 0 Å². The molecule has 9 heteroatoms. The van der Waals surface area contributed by atoms with Gasteiger partial charge in [0.15, 0.2) is 6.10 Å². The van der Waals surface area contributed by atoms with Gasteiger partial charge in [-0.25, -0.2) is 4.79 Å². The first-order chi connectivity index (χ1) is 8.82. The van der Waals surface area contributed by atoms with E-state index in [0.29, 0.717) is 0 Å². The number of nitro benzene ring substituents is 1. The van der Waals surface area contributed by atoms with Crippen molar-refractivity contribution in [2.24, 2.45) is 0 Å². The summed E-state index contributed by atoms with van der Waals surface area (Å²) in [5.74, 6) is -3.47. The average molecular weight is 272 g/mol. The summed E-state index contributed by atoms with van der Waals surface area (Å²) in [5, 5.41) is 29.8. The van der Waals surface area contributed by atoms with Gasteiger partial charge in [0.2, 0.25) is 5.82 Å². The minimum Gasteiger partial charge on any atom is -0.479 e. The number of nitrogens with zero attached hydrogens (tertiary/aromatic N) is 1. The van der Waals surface area contributed by atoms with E-state index >= 15 is 0 Å². The van der Waals surface area contributed by atoms with Gasteiger partial charge < -0.3 is 15.5 Å². The first-order valence-electron chi connectivity index (χ1n) is 4.96. The Morgan fingerprint density at radius 1 is 1.47 bits per heavy atom. The van der Waals surface area contributed by atoms with Crippen LogP contribution < -0.4 is 5.32 Å². The summed E-state index contributed by atoms with van der Waals surface area (Å²) in [4.78, 5) is 31.3. The molecule has 1 unspecified atom stereocenters. The summed E-state index contributed by atoms with van der Waals surface area (Å²) in [6.07, 6.45) is -1.79. The number of hydrogen-bond acceptors (Lipinski definition) is 5. The number of carboxylic acids is 1. The number of benzene rings is 1. The predicted octanol–water partition coefficient (Wildman–Crippen LogP) is -0.0908. The van der Waals surface area contributed by atoms with E-state index in [1.165, 1.54) is 0 Å². The van der Waals surface area contributed by atoms with Crippen LogP contribution in [0.1, 0.15) is 10.4 Å². The number of carbonyl (C=O) groups is 2. The predicted molar refractivity (Wildman–Crippen MR) is 59.0 cm³/mol. The van der Waals surface area contributed by atoms with Gasteiger partial charge in [-0.3, -0.25) is 14.9 Å². The molecular formula is C10H9FN2O6. The third kappa shape index (κ3) is 3.71. The molecule has 1 aromatic rings. The second kappa shape index (κ2) is 5.87. The number of hydrogen-bond donors (Lipinski definition) is 3. The van der Waals surface area contributed by atoms with Crippen molar-refractivity contribution in [3.8, 4) is 0 Å². The highest BCUT2D eigenvalue weighted by molar-refractivity contribution is 5.95. The average Bonchev–Trinajstić information content (AvgIpc) is 2.35. The Labute approximate surface area is 105 Å². The smallest absolute Gasteiger partial charge is 0.334 e. The SMILES string of the molecule is O=C(NCC(O)C(=O)O)c1ccc(F)c([N+](=O)[O-])c1. The van der Waals surface area contributed by atoms with E-state index in [9.17, 15) is 24.1 Å². The van der Waals surface area contributed by atoms with Gasteiger partial charge in [-0.15, -0.1) is 0 Å². The number of rotatable bonds is 5. The van der Waals surface area contributed by atoms with Crippen molar-refractivity contribution in [1.82, 2.24) is 5.32 Å². The van der Waals surface area contributed by atoms with Crippen molar-refractivity contribution < 1.29 is 29.1 Å². The summed E-state index contributed by atoms with van der Waals surface area (Å²) in [7, 11) is 0. The number of nitro groups is 1. The molecular weight excluding hydrogens is 263 g/mol. The fraction of sp³-hybridized carbons (Fsp3) is 0.200. The van der Waals surface area contributed by atoms with Crippen LogP contribution >= 0.6 is 0 Å². The van der Waals surface area contributed by atoms with Gasteiger partial charge in [-0.2, -0.15) is 4.39 Å². The maximum Gasteiger partial charge on any atom is 0.334 e. The van der Waals surface area contributed by atoms with Crippen LogP contribution in [0.5, 0.6) is 0 Å². The quantitative estimate of drug-likeness (QED) is 0.507. The van der Waals surface area contributed by atoms with E-state index in [2.05, 4.69) is 5.32 Å². The van der Waals surface area contributed by atoms with Crippen molar-refractivity contribution in [3.05, 3.63) is 39.7 Å². The van der Waals surface area contributed by atoms with Crippen LogP contribution in [0.3, 0.4) is 0 Å². The zero-order chi connectivity index (χ0) is 14.6. The maximum absolute atomic E-state index is 13.0. The molecule has 0 saturated carbocycles. The van der Waals surface area contributed by atoms with Crippen LogP contribution in [0.4, 0.5) is 10.1 Å². The molecule has 8 nitrogen and oxygen atoms in total. The molecule has 1 amide bonds. The van der Waals surface area contributed by atoms with Gasteiger partial charge in [0.25, 0.3) is 5.91 Å². The molecule has 0 saturated heterocycles. The van der Waals surface area contributed by atoms with Crippen molar-refractivity contribution in [2.75, 3.05) is 6.54 Å². The molecule has 0 aliphatic carbocycles. The molecule has 0 heterocycles. The molecule has 0 aliphatic rings. The van der Waals surface area contributed by atoms with E-state index in [1.807, 2.05) is 0 Å². The Hall–Kier alpha value is -2.55. The summed E-state index contributed by atoms with van der Waals surface area (Å²) in [5.41, 5.74) is -1.09. The Kier molecular flexibility index (Phi) is 4.48. The lowest BCUT2D eigenvalue weighted by atomic mass is 10.2. The largest absolute Gasteiger partial charge is 0.479 e. The highest BCUT2D eigenvalue weighted by Crippen LogP contribution is 2.18. The van der Waals surface area contributed by atoms with Crippen molar-refractivity contribution >= 4 is 17.6 Å². The van der Waals surface area contributed by atoms with Crippen molar-refractivity contribution in [2.45, 2.75) is 6.10 Å². The molecule has 1 aromatic carbocycles. The normalized spacial score (nSPS) is 11.7. The van der Waals surface area contributed by atoms with Crippen molar-refractivity contribution in [3.63, 3.8) is 0 Å². The Morgan fingerprint density at radius 2 is 2.11 bits per heavy atom. The van der Waals surface area contributed by atoms with Crippen LogP contribution in [0, 0.1) is 15.9 Å². The molecule has 0 bridgehead atoms. The van der Waals surface area contributed by atoms with E-state index in [1.54, 1.807) is 0 Å². The zero-order valence-corrected chi connectivity index (χ0v) is 9.37. The van der Waals surface area contributed by atoms with Crippen LogP contribution in [-0.2, 0) is 4.79 Å². The molecule has 0 fully saturated rings. The number of aliphatic hydroxyl groups is 1. The van der Waals surface area contributed by atoms with Crippen LogP contribution in [-0.4, -0.2) is 39.7 Å². The second-order valence-corrected chi connectivity index (χ2v) is 3.49. The second-order valence-electron chi connectivity index (χ2n) is 3.49. The van der Waals surface area contributed by atoms with E-state index < -0.39 is 41.0 Å². The van der Waals surface area contributed by atoms with Crippen molar-refractivity contribution in [1.29, 1.82) is 0 Å². The molecule has 1 atom stereocenters. The molecule has 0 aliphatic heterocycles. The lowest BCUT2D eigenvalue weighted by Crippen LogP contribution is -2.36. The molecule has 19 heavy (non-hydrogen) atoms. The van der Waals surface area contributed by atoms with E-state index in [4.69, 9.17) is 10.2 Å². The van der Waals surface area contributed by atoms with Gasteiger partial charge in [0.1, 0.15) is 0 Å². The Bertz CT molecular complexity index is 533. The highest BCUT2D eigenvalue weighted by Gasteiger charge is 2.19. The van der Waals surface area contributed by atoms with Gasteiger partial charge in [-0.1, -0.05) is 0 Å². The number of nitrogens with one attached hydrogen (secondary N) is 1. The van der Waals surface area contributed by atoms with Gasteiger partial charge in [0, 0.05) is 11.6 Å². The van der Waals surface area contributed by atoms with Gasteiger partial charge >= 0.3 is 11.7 Å². The Balaban J connectivity index is 2.80. The standard InChI is InChI=1S/C10H9FN2O6/c11-6-2-1-5(3-7(6)13(18)19)9(15)12-4-8(14)10(16)17/h1-3,8,14H,4H2,(H,12,15)(H,16,17). The zero-order valence-electron chi connectivity index (χ0n) is 9.37.